The molecule has 2 aromatic carbocycles. The van der Waals surface area contributed by atoms with Crippen LogP contribution >= 0.6 is 11.6 Å². The minimum Gasteiger partial charge on any atom is -0.379 e. The highest BCUT2D eigenvalue weighted by Gasteiger charge is 2.60. The number of morpholine rings is 1. The monoisotopic (exact) mass is 439 g/mol. The fraction of sp³-hybridized carbons (Fsp3) is 0.364. The van der Waals surface area contributed by atoms with E-state index in [0.717, 1.165) is 24.0 Å². The maximum atomic E-state index is 11.8. The Hall–Kier alpha value is -2.81. The number of ether oxygens (including phenoxy) is 1. The second kappa shape index (κ2) is 8.03. The van der Waals surface area contributed by atoms with Gasteiger partial charge >= 0.3 is 0 Å². The lowest BCUT2D eigenvalue weighted by atomic mass is 9.93. The van der Waals surface area contributed by atoms with Gasteiger partial charge in [0.1, 0.15) is 11.7 Å². The van der Waals surface area contributed by atoms with Crippen LogP contribution in [0.2, 0.25) is 5.02 Å². The molecule has 2 aromatic rings. The molecule has 31 heavy (non-hydrogen) atoms. The molecule has 8 nitrogen and oxygen atoms in total. The van der Waals surface area contributed by atoms with E-state index < -0.39 is 5.66 Å². The van der Waals surface area contributed by atoms with Crippen LogP contribution in [0.5, 0.6) is 0 Å². The Kier molecular flexibility index (Phi) is 5.21. The smallest absolute Gasteiger partial charge is 0.294 e. The minimum atomic E-state index is -0.685. The third-order valence-corrected chi connectivity index (χ3v) is 6.49. The molecule has 2 heterocycles. The molecule has 0 bridgehead atoms. The Morgan fingerprint density at radius 3 is 2.65 bits per heavy atom. The summed E-state index contributed by atoms with van der Waals surface area (Å²) >= 11 is 6.07. The first kappa shape index (κ1) is 20.1. The molecule has 0 aromatic heterocycles. The number of nitro benzene ring substituents is 1. The van der Waals surface area contributed by atoms with Crippen molar-refractivity contribution in [3.05, 3.63) is 74.8 Å². The zero-order chi connectivity index (χ0) is 21.4. The summed E-state index contributed by atoms with van der Waals surface area (Å²) in [6, 6.07) is 14.3. The van der Waals surface area contributed by atoms with E-state index >= 15 is 0 Å². The fourth-order valence-electron chi connectivity index (χ4n) is 4.91. The van der Waals surface area contributed by atoms with Crippen molar-refractivity contribution in [2.24, 2.45) is 10.3 Å². The van der Waals surface area contributed by atoms with Crippen LogP contribution in [0.4, 0.5) is 11.4 Å². The molecule has 5 rings (SSSR count). The van der Waals surface area contributed by atoms with Gasteiger partial charge < -0.3 is 4.74 Å². The standard InChI is InChI=1S/C22H22ClN5O3/c23-18-8-5-16(6-9-18)15-17-7-10-21-22(17,26-11-13-31-14-12-26)27(25-24-21)19-3-1-2-4-20(19)28(29)30/h1-6,8-9,15,21H,7,10-14H2/b17-15+. The lowest BCUT2D eigenvalue weighted by Crippen LogP contribution is -2.64. The molecule has 2 fully saturated rings. The lowest BCUT2D eigenvalue weighted by molar-refractivity contribution is -0.384. The van der Waals surface area contributed by atoms with Gasteiger partial charge in [-0.05, 0) is 42.2 Å². The van der Waals surface area contributed by atoms with Gasteiger partial charge in [0.15, 0.2) is 5.66 Å². The Balaban J connectivity index is 1.67. The van der Waals surface area contributed by atoms with Crippen LogP contribution in [-0.4, -0.2) is 47.8 Å². The molecule has 2 atom stereocenters. The summed E-state index contributed by atoms with van der Waals surface area (Å²) in [7, 11) is 0. The number of hydrogen-bond acceptors (Lipinski definition) is 7. The second-order valence-corrected chi connectivity index (χ2v) is 8.30. The van der Waals surface area contributed by atoms with Gasteiger partial charge in [-0.25, -0.2) is 5.01 Å². The molecule has 2 aliphatic heterocycles. The van der Waals surface area contributed by atoms with Gasteiger partial charge in [-0.2, -0.15) is 5.11 Å². The average Bonchev–Trinajstić information content (AvgIpc) is 3.34. The largest absolute Gasteiger partial charge is 0.379 e. The molecule has 0 radical (unpaired) electrons. The number of halogens is 1. The molecular formula is C22H22ClN5O3. The molecule has 0 spiro atoms. The summed E-state index contributed by atoms with van der Waals surface area (Å²) in [5.41, 5.74) is 1.96. The van der Waals surface area contributed by atoms with Crippen molar-refractivity contribution < 1.29 is 9.66 Å². The van der Waals surface area contributed by atoms with Gasteiger partial charge in [-0.3, -0.25) is 15.0 Å². The van der Waals surface area contributed by atoms with Gasteiger partial charge in [-0.1, -0.05) is 47.2 Å². The van der Waals surface area contributed by atoms with Crippen LogP contribution in [0.3, 0.4) is 0 Å². The lowest BCUT2D eigenvalue weighted by Gasteiger charge is -2.47. The van der Waals surface area contributed by atoms with Crippen LogP contribution in [-0.2, 0) is 4.74 Å². The summed E-state index contributed by atoms with van der Waals surface area (Å²) in [4.78, 5) is 13.8. The van der Waals surface area contributed by atoms with E-state index in [9.17, 15) is 10.1 Å². The van der Waals surface area contributed by atoms with E-state index in [0.29, 0.717) is 37.0 Å². The van der Waals surface area contributed by atoms with Crippen molar-refractivity contribution in [3.8, 4) is 0 Å². The maximum Gasteiger partial charge on any atom is 0.294 e. The molecule has 0 N–H and O–H groups in total. The van der Waals surface area contributed by atoms with Crippen molar-refractivity contribution in [2.75, 3.05) is 31.3 Å². The number of para-hydroxylation sites is 2. The first-order valence-electron chi connectivity index (χ1n) is 10.3. The topological polar surface area (TPSA) is 83.6 Å². The summed E-state index contributed by atoms with van der Waals surface area (Å²) < 4.78 is 5.61. The third kappa shape index (κ3) is 3.31. The van der Waals surface area contributed by atoms with E-state index in [1.54, 1.807) is 23.2 Å². The highest BCUT2D eigenvalue weighted by Crippen LogP contribution is 2.52. The van der Waals surface area contributed by atoms with Gasteiger partial charge in [0.05, 0.1) is 18.1 Å². The highest BCUT2D eigenvalue weighted by atomic mass is 35.5. The van der Waals surface area contributed by atoms with Crippen LogP contribution in [0, 0.1) is 10.1 Å². The van der Waals surface area contributed by atoms with Crippen molar-refractivity contribution in [1.82, 2.24) is 4.90 Å². The number of nitrogens with zero attached hydrogens (tertiary/aromatic N) is 5. The van der Waals surface area contributed by atoms with Crippen molar-refractivity contribution in [1.29, 1.82) is 0 Å². The van der Waals surface area contributed by atoms with Gasteiger partial charge in [0.25, 0.3) is 5.69 Å². The summed E-state index contributed by atoms with van der Waals surface area (Å²) in [6.45, 7) is 2.62. The highest BCUT2D eigenvalue weighted by molar-refractivity contribution is 6.30. The van der Waals surface area contributed by atoms with Crippen molar-refractivity contribution in [2.45, 2.75) is 24.5 Å². The predicted molar refractivity (Wildman–Crippen MR) is 118 cm³/mol. The molecule has 2 unspecified atom stereocenters. The van der Waals surface area contributed by atoms with Gasteiger partial charge in [-0.15, -0.1) is 0 Å². The Morgan fingerprint density at radius 2 is 1.90 bits per heavy atom. The molecule has 0 amide bonds. The second-order valence-electron chi connectivity index (χ2n) is 7.86. The molecule has 9 heteroatoms. The quantitative estimate of drug-likeness (QED) is 0.508. The summed E-state index contributed by atoms with van der Waals surface area (Å²) in [5, 5.41) is 23.3. The van der Waals surface area contributed by atoms with Crippen LogP contribution in [0.25, 0.3) is 6.08 Å². The number of anilines is 1. The van der Waals surface area contributed by atoms with Crippen molar-refractivity contribution >= 4 is 29.1 Å². The number of hydrogen-bond donors (Lipinski definition) is 0. The van der Waals surface area contributed by atoms with Crippen LogP contribution in [0.1, 0.15) is 18.4 Å². The SMILES string of the molecule is O=[N+]([O-])c1ccccc1N1N=NC2CC/C(=C\c3ccc(Cl)cc3)C21N1CCOCC1. The number of fused-ring (bicyclic) bond motifs is 1. The first-order chi connectivity index (χ1) is 15.1. The maximum absolute atomic E-state index is 11.8. The zero-order valence-corrected chi connectivity index (χ0v) is 17.6. The van der Waals surface area contributed by atoms with Gasteiger partial charge in [0.2, 0.25) is 0 Å². The van der Waals surface area contributed by atoms with Crippen molar-refractivity contribution in [3.63, 3.8) is 0 Å². The molecule has 1 aliphatic carbocycles. The fourth-order valence-corrected chi connectivity index (χ4v) is 5.04. The zero-order valence-electron chi connectivity index (χ0n) is 16.9. The van der Waals surface area contributed by atoms with E-state index in [1.165, 1.54) is 6.07 Å². The minimum absolute atomic E-state index is 0.0208. The molecule has 160 valence electrons. The molecule has 1 saturated carbocycles. The van der Waals surface area contributed by atoms with E-state index in [4.69, 9.17) is 16.3 Å². The van der Waals surface area contributed by atoms with Gasteiger partial charge in [0, 0.05) is 24.2 Å². The van der Waals surface area contributed by atoms with E-state index in [-0.39, 0.29) is 16.7 Å². The third-order valence-electron chi connectivity index (χ3n) is 6.24. The number of rotatable bonds is 4. The number of benzene rings is 2. The molecular weight excluding hydrogens is 418 g/mol. The Bertz CT molecular complexity index is 1050. The average molecular weight is 440 g/mol. The first-order valence-corrected chi connectivity index (χ1v) is 10.7. The van der Waals surface area contributed by atoms with E-state index in [1.807, 2.05) is 24.3 Å². The molecule has 1 saturated heterocycles. The normalized spacial score (nSPS) is 27.1. The summed E-state index contributed by atoms with van der Waals surface area (Å²) in [5.74, 6) is 0. The Labute approximate surface area is 184 Å². The van der Waals surface area contributed by atoms with E-state index in [2.05, 4.69) is 21.3 Å². The van der Waals surface area contributed by atoms with Crippen LogP contribution < -0.4 is 5.01 Å². The number of nitro groups is 1. The summed E-state index contributed by atoms with van der Waals surface area (Å²) in [6.07, 6.45) is 3.82. The molecule has 3 aliphatic rings. The Morgan fingerprint density at radius 1 is 1.16 bits per heavy atom. The predicted octanol–water partition coefficient (Wildman–Crippen LogP) is 4.71. The van der Waals surface area contributed by atoms with Crippen LogP contribution in [0.15, 0.2) is 64.4 Å².